The smallest absolute Gasteiger partial charge is 0.330 e. The van der Waals surface area contributed by atoms with Crippen LogP contribution in [0.3, 0.4) is 0 Å². The van der Waals surface area contributed by atoms with Crippen molar-refractivity contribution in [3.63, 3.8) is 0 Å². The van der Waals surface area contributed by atoms with Crippen molar-refractivity contribution in [1.82, 2.24) is 4.98 Å². The van der Waals surface area contributed by atoms with Crippen molar-refractivity contribution < 1.29 is 14.3 Å². The molecule has 0 aliphatic heterocycles. The number of carboxylic acids is 1. The van der Waals surface area contributed by atoms with Crippen molar-refractivity contribution in [2.24, 2.45) is 0 Å². The van der Waals surface area contributed by atoms with Gasteiger partial charge in [0.15, 0.2) is 8.32 Å². The number of hydrogen-bond acceptors (Lipinski definition) is 4. The lowest BCUT2D eigenvalue weighted by Gasteiger charge is -2.39. The second kappa shape index (κ2) is 8.43. The normalized spacial score (nSPS) is 15.4. The van der Waals surface area contributed by atoms with Crippen molar-refractivity contribution in [3.8, 4) is 0 Å². The molecule has 1 aromatic heterocycles. The molecule has 1 heterocycles. The minimum Gasteiger partial charge on any atom is -0.478 e. The van der Waals surface area contributed by atoms with Crippen LogP contribution in [0.15, 0.2) is 22.6 Å². The maximum absolute atomic E-state index is 11.1. The lowest BCUT2D eigenvalue weighted by atomic mass is 10.1. The van der Waals surface area contributed by atoms with E-state index in [1.807, 2.05) is 25.3 Å². The van der Waals surface area contributed by atoms with Crippen molar-refractivity contribution >= 4 is 31.7 Å². The summed E-state index contributed by atoms with van der Waals surface area (Å²) in [6, 6.07) is 0. The first-order chi connectivity index (χ1) is 11.3. The van der Waals surface area contributed by atoms with Crippen LogP contribution >= 0.6 is 11.3 Å². The monoisotopic (exact) mass is 381 g/mol. The number of carbonyl (C=O) groups is 1. The molecular formula is C19H31NO3SSi. The molecule has 1 N–H and O–H groups in total. The second-order valence-electron chi connectivity index (χ2n) is 7.97. The van der Waals surface area contributed by atoms with Gasteiger partial charge in [-0.15, -0.1) is 11.3 Å². The quantitative estimate of drug-likeness (QED) is 0.488. The van der Waals surface area contributed by atoms with E-state index >= 15 is 0 Å². The Bertz CT molecular complexity index is 668. The minimum absolute atomic E-state index is 0.0916. The number of carboxylic acid groups (broad SMARTS) is 1. The van der Waals surface area contributed by atoms with E-state index in [1.54, 1.807) is 24.3 Å². The van der Waals surface area contributed by atoms with E-state index in [-0.39, 0.29) is 11.1 Å². The number of rotatable bonds is 7. The Kier molecular flexibility index (Phi) is 7.35. The maximum atomic E-state index is 11.1. The van der Waals surface area contributed by atoms with E-state index < -0.39 is 14.3 Å². The van der Waals surface area contributed by atoms with Crippen LogP contribution in [0.1, 0.15) is 51.7 Å². The first-order valence-corrected chi connectivity index (χ1v) is 12.3. The van der Waals surface area contributed by atoms with Crippen molar-refractivity contribution in [1.29, 1.82) is 0 Å². The van der Waals surface area contributed by atoms with Gasteiger partial charge in [0.05, 0.1) is 16.8 Å². The summed E-state index contributed by atoms with van der Waals surface area (Å²) < 4.78 is 6.58. The molecule has 1 atom stereocenters. The van der Waals surface area contributed by atoms with E-state index in [0.717, 1.165) is 16.3 Å². The van der Waals surface area contributed by atoms with E-state index in [4.69, 9.17) is 9.53 Å². The van der Waals surface area contributed by atoms with Crippen LogP contribution in [-0.2, 0) is 9.22 Å². The van der Waals surface area contributed by atoms with Crippen LogP contribution in [0.5, 0.6) is 0 Å². The van der Waals surface area contributed by atoms with Gasteiger partial charge < -0.3 is 9.53 Å². The highest BCUT2D eigenvalue weighted by atomic mass is 32.1. The molecule has 0 radical (unpaired) electrons. The fourth-order valence-corrected chi connectivity index (χ4v) is 3.92. The first kappa shape index (κ1) is 21.8. The lowest BCUT2D eigenvalue weighted by Crippen LogP contribution is -2.44. The molecular weight excluding hydrogens is 350 g/mol. The molecule has 0 fully saturated rings. The van der Waals surface area contributed by atoms with Crippen molar-refractivity contribution in [2.45, 2.75) is 72.2 Å². The van der Waals surface area contributed by atoms with Gasteiger partial charge in [0.2, 0.25) is 0 Å². The number of nitrogens with zero attached hydrogens (tertiary/aromatic N) is 1. The van der Waals surface area contributed by atoms with Gasteiger partial charge in [0.25, 0.3) is 0 Å². The molecule has 140 valence electrons. The number of aromatic nitrogens is 1. The zero-order chi connectivity index (χ0) is 19.4. The first-order valence-electron chi connectivity index (χ1n) is 8.51. The molecule has 0 bridgehead atoms. The molecule has 25 heavy (non-hydrogen) atoms. The van der Waals surface area contributed by atoms with Crippen LogP contribution in [0.25, 0.3) is 6.08 Å². The summed E-state index contributed by atoms with van der Waals surface area (Å²) in [6.45, 7) is 16.7. The van der Waals surface area contributed by atoms with Gasteiger partial charge in [-0.3, -0.25) is 0 Å². The van der Waals surface area contributed by atoms with E-state index in [9.17, 15) is 4.79 Å². The molecule has 6 heteroatoms. The fourth-order valence-electron chi connectivity index (χ4n) is 2.00. The molecule has 0 spiro atoms. The van der Waals surface area contributed by atoms with Gasteiger partial charge in [-0.1, -0.05) is 26.8 Å². The van der Waals surface area contributed by atoms with Gasteiger partial charge in [0.1, 0.15) is 0 Å². The molecule has 0 saturated heterocycles. The molecule has 0 saturated carbocycles. The number of aryl methyl sites for hydroxylation is 1. The number of aliphatic carboxylic acids is 1. The maximum Gasteiger partial charge on any atom is 0.330 e. The standard InChI is InChI=1S/C19H31NO3SSi/c1-13(18(21)22)9-10-17(23-25(7,8)19(4,5)6)14(2)11-16-12-24-15(3)20-16/h9,11-12,17H,10H2,1-8H3,(H,21,22)/b13-9-,14-11+/t17-/m0/s1. The van der Waals surface area contributed by atoms with Crippen LogP contribution < -0.4 is 0 Å². The average molecular weight is 382 g/mol. The van der Waals surface area contributed by atoms with Crippen molar-refractivity contribution in [2.75, 3.05) is 0 Å². The zero-order valence-electron chi connectivity index (χ0n) is 16.6. The third-order valence-electron chi connectivity index (χ3n) is 4.74. The summed E-state index contributed by atoms with van der Waals surface area (Å²) in [5.41, 5.74) is 2.36. The zero-order valence-corrected chi connectivity index (χ0v) is 18.5. The fraction of sp³-hybridized carbons (Fsp3) is 0.579. The average Bonchev–Trinajstić information content (AvgIpc) is 2.86. The highest BCUT2D eigenvalue weighted by Crippen LogP contribution is 2.38. The summed E-state index contributed by atoms with van der Waals surface area (Å²) in [7, 11) is -1.98. The summed E-state index contributed by atoms with van der Waals surface area (Å²) >= 11 is 1.62. The van der Waals surface area contributed by atoms with Gasteiger partial charge in [-0.2, -0.15) is 0 Å². The summed E-state index contributed by atoms with van der Waals surface area (Å²) in [4.78, 5) is 15.6. The Hall–Kier alpha value is -1.24. The molecule has 0 unspecified atom stereocenters. The van der Waals surface area contributed by atoms with Crippen molar-refractivity contribution in [3.05, 3.63) is 33.3 Å². The van der Waals surface area contributed by atoms with E-state index in [2.05, 4.69) is 38.8 Å². The predicted octanol–water partition coefficient (Wildman–Crippen LogP) is 5.67. The Balaban J connectivity index is 3.11. The lowest BCUT2D eigenvalue weighted by molar-refractivity contribution is -0.132. The molecule has 1 rings (SSSR count). The Labute approximate surface area is 156 Å². The van der Waals surface area contributed by atoms with Gasteiger partial charge in [-0.25, -0.2) is 9.78 Å². The topological polar surface area (TPSA) is 59.4 Å². The third-order valence-corrected chi connectivity index (χ3v) is 10.0. The van der Waals surface area contributed by atoms with Crippen LogP contribution in [-0.4, -0.2) is 30.5 Å². The van der Waals surface area contributed by atoms with Crippen LogP contribution in [0, 0.1) is 6.92 Å². The SMILES string of the molecule is C/C(=C/C[C@H](O[Si](C)(C)C(C)(C)C)/C(C)=C/c1csc(C)n1)C(=O)O. The molecule has 0 aliphatic rings. The highest BCUT2D eigenvalue weighted by Gasteiger charge is 2.39. The van der Waals surface area contributed by atoms with Crippen LogP contribution in [0.2, 0.25) is 18.1 Å². The molecule has 0 aromatic carbocycles. The number of thiazole rings is 1. The molecule has 0 amide bonds. The molecule has 4 nitrogen and oxygen atoms in total. The second-order valence-corrected chi connectivity index (χ2v) is 13.8. The van der Waals surface area contributed by atoms with E-state index in [1.165, 1.54) is 0 Å². The highest BCUT2D eigenvalue weighted by molar-refractivity contribution is 7.09. The summed E-state index contributed by atoms with van der Waals surface area (Å²) in [5.74, 6) is -0.886. The summed E-state index contributed by atoms with van der Waals surface area (Å²) in [5, 5.41) is 12.3. The largest absolute Gasteiger partial charge is 0.478 e. The van der Waals surface area contributed by atoms with Gasteiger partial charge in [0, 0.05) is 11.0 Å². The van der Waals surface area contributed by atoms with Crippen LogP contribution in [0.4, 0.5) is 0 Å². The number of hydrogen-bond donors (Lipinski definition) is 1. The van der Waals surface area contributed by atoms with Gasteiger partial charge >= 0.3 is 5.97 Å². The predicted molar refractivity (Wildman–Crippen MR) is 109 cm³/mol. The Morgan fingerprint density at radius 1 is 1.40 bits per heavy atom. The van der Waals surface area contributed by atoms with E-state index in [0.29, 0.717) is 12.0 Å². The van der Waals surface area contributed by atoms with Gasteiger partial charge in [-0.05, 0) is 57.0 Å². The Morgan fingerprint density at radius 2 is 2.00 bits per heavy atom. The Morgan fingerprint density at radius 3 is 2.44 bits per heavy atom. The minimum atomic E-state index is -1.98. The summed E-state index contributed by atoms with van der Waals surface area (Å²) in [6.07, 6.45) is 4.21. The molecule has 1 aromatic rings. The third kappa shape index (κ3) is 6.53. The molecule has 0 aliphatic carbocycles.